The van der Waals surface area contributed by atoms with E-state index in [4.69, 9.17) is 0 Å². The lowest BCUT2D eigenvalue weighted by Gasteiger charge is -2.15. The summed E-state index contributed by atoms with van der Waals surface area (Å²) >= 11 is 0. The Morgan fingerprint density at radius 3 is 2.74 bits per heavy atom. The second-order valence-corrected chi connectivity index (χ2v) is 5.37. The van der Waals surface area contributed by atoms with Gasteiger partial charge in [0.1, 0.15) is 5.82 Å². The van der Waals surface area contributed by atoms with E-state index in [0.29, 0.717) is 17.5 Å². The predicted octanol–water partition coefficient (Wildman–Crippen LogP) is 1.74. The van der Waals surface area contributed by atoms with E-state index in [1.54, 1.807) is 31.0 Å². The van der Waals surface area contributed by atoms with Crippen LogP contribution in [0.1, 0.15) is 29.2 Å². The van der Waals surface area contributed by atoms with Gasteiger partial charge in [-0.05, 0) is 36.1 Å². The van der Waals surface area contributed by atoms with E-state index in [1.165, 1.54) is 18.2 Å². The van der Waals surface area contributed by atoms with Crippen LogP contribution in [0, 0.1) is 12.7 Å². The van der Waals surface area contributed by atoms with E-state index in [9.17, 15) is 19.1 Å². The van der Waals surface area contributed by atoms with Crippen LogP contribution in [0.3, 0.4) is 0 Å². The molecule has 1 unspecified atom stereocenters. The maximum absolute atomic E-state index is 13.3. The third-order valence-electron chi connectivity index (χ3n) is 3.47. The zero-order valence-corrected chi connectivity index (χ0v) is 12.9. The smallest absolute Gasteiger partial charge is 0.330 e. The molecule has 0 spiro atoms. The van der Waals surface area contributed by atoms with Gasteiger partial charge in [0.05, 0.1) is 6.20 Å². The van der Waals surface area contributed by atoms with Gasteiger partial charge >= 0.3 is 5.97 Å². The molecule has 1 heterocycles. The Bertz CT molecular complexity index is 727. The van der Waals surface area contributed by atoms with Crippen LogP contribution in [0.4, 0.5) is 4.39 Å². The summed E-state index contributed by atoms with van der Waals surface area (Å²) in [5.74, 6) is -1.99. The van der Waals surface area contributed by atoms with Crippen molar-refractivity contribution in [1.29, 1.82) is 0 Å². The van der Waals surface area contributed by atoms with Crippen LogP contribution in [0.5, 0.6) is 0 Å². The number of aryl methyl sites for hydroxylation is 3. The summed E-state index contributed by atoms with van der Waals surface area (Å²) in [5.41, 5.74) is 1.57. The molecule has 7 heteroatoms. The predicted molar refractivity (Wildman–Crippen MR) is 81.2 cm³/mol. The fraction of sp³-hybridized carbons (Fsp3) is 0.312. The molecule has 2 rings (SSSR count). The van der Waals surface area contributed by atoms with Gasteiger partial charge in [-0.15, -0.1) is 0 Å². The second kappa shape index (κ2) is 7.04. The van der Waals surface area contributed by atoms with Gasteiger partial charge in [0, 0.05) is 19.7 Å². The Morgan fingerprint density at radius 2 is 2.17 bits per heavy atom. The van der Waals surface area contributed by atoms with Crippen molar-refractivity contribution in [1.82, 2.24) is 15.1 Å². The molecule has 1 aromatic carbocycles. The molecule has 2 aromatic rings. The molecule has 0 fully saturated rings. The fourth-order valence-corrected chi connectivity index (χ4v) is 2.23. The molecule has 1 atom stereocenters. The van der Waals surface area contributed by atoms with Crippen molar-refractivity contribution in [2.24, 2.45) is 7.05 Å². The molecule has 0 bridgehead atoms. The van der Waals surface area contributed by atoms with E-state index < -0.39 is 17.8 Å². The van der Waals surface area contributed by atoms with E-state index in [1.807, 2.05) is 0 Å². The summed E-state index contributed by atoms with van der Waals surface area (Å²) < 4.78 is 14.9. The van der Waals surface area contributed by atoms with E-state index in [2.05, 4.69) is 10.4 Å². The van der Waals surface area contributed by atoms with Gasteiger partial charge in [-0.25, -0.2) is 9.18 Å². The average molecular weight is 319 g/mol. The summed E-state index contributed by atoms with van der Waals surface area (Å²) in [7, 11) is 1.78. The van der Waals surface area contributed by atoms with Crippen LogP contribution < -0.4 is 5.32 Å². The topological polar surface area (TPSA) is 84.2 Å². The minimum absolute atomic E-state index is 0.148. The summed E-state index contributed by atoms with van der Waals surface area (Å²) in [6, 6.07) is 2.79. The van der Waals surface area contributed by atoms with Crippen LogP contribution in [0.25, 0.3) is 0 Å². The van der Waals surface area contributed by atoms with Gasteiger partial charge in [0.15, 0.2) is 6.04 Å². The largest absolute Gasteiger partial charge is 0.479 e. The summed E-state index contributed by atoms with van der Waals surface area (Å²) in [4.78, 5) is 23.4. The third kappa shape index (κ3) is 4.38. The number of nitrogens with one attached hydrogen (secondary N) is 1. The summed E-state index contributed by atoms with van der Waals surface area (Å²) in [6.07, 6.45) is 4.07. The quantitative estimate of drug-likeness (QED) is 0.849. The Labute approximate surface area is 132 Å². The summed E-state index contributed by atoms with van der Waals surface area (Å²) in [6.45, 7) is 1.54. The van der Waals surface area contributed by atoms with Crippen molar-refractivity contribution in [3.63, 3.8) is 0 Å². The van der Waals surface area contributed by atoms with Gasteiger partial charge in [-0.3, -0.25) is 9.48 Å². The highest BCUT2D eigenvalue weighted by atomic mass is 19.1. The number of hydrogen-bond donors (Lipinski definition) is 2. The van der Waals surface area contributed by atoms with Gasteiger partial charge < -0.3 is 10.4 Å². The van der Waals surface area contributed by atoms with E-state index in [0.717, 1.165) is 5.56 Å². The third-order valence-corrected chi connectivity index (χ3v) is 3.47. The number of amides is 1. The number of aliphatic carboxylic acids is 1. The minimum Gasteiger partial charge on any atom is -0.479 e. The standard InChI is InChI=1S/C16H18FN3O3/c1-10-7-12(4-5-13(10)17)15(16(22)23)19-14(21)6-3-11-8-18-20(2)9-11/h4-5,7-9,15H,3,6H2,1-2H3,(H,19,21)(H,22,23). The van der Waals surface area contributed by atoms with Gasteiger partial charge in [0.25, 0.3) is 0 Å². The lowest BCUT2D eigenvalue weighted by Crippen LogP contribution is -2.33. The molecule has 1 amide bonds. The number of carbonyl (C=O) groups is 2. The van der Waals surface area contributed by atoms with Crippen molar-refractivity contribution in [2.45, 2.75) is 25.8 Å². The first-order chi connectivity index (χ1) is 10.9. The van der Waals surface area contributed by atoms with Gasteiger partial charge in [-0.1, -0.05) is 12.1 Å². The Hall–Kier alpha value is -2.70. The maximum Gasteiger partial charge on any atom is 0.330 e. The van der Waals surface area contributed by atoms with Crippen LogP contribution in [0.2, 0.25) is 0 Å². The van der Waals surface area contributed by atoms with Crippen LogP contribution in [-0.4, -0.2) is 26.8 Å². The average Bonchev–Trinajstić information content (AvgIpc) is 2.91. The zero-order valence-electron chi connectivity index (χ0n) is 12.9. The van der Waals surface area contributed by atoms with Crippen molar-refractivity contribution >= 4 is 11.9 Å². The van der Waals surface area contributed by atoms with Crippen molar-refractivity contribution < 1.29 is 19.1 Å². The molecule has 1 aromatic heterocycles. The zero-order chi connectivity index (χ0) is 17.0. The highest BCUT2D eigenvalue weighted by Crippen LogP contribution is 2.17. The van der Waals surface area contributed by atoms with Crippen molar-refractivity contribution in [3.8, 4) is 0 Å². The Kier molecular flexibility index (Phi) is 5.10. The number of carboxylic acids is 1. The highest BCUT2D eigenvalue weighted by molar-refractivity contribution is 5.84. The first-order valence-corrected chi connectivity index (χ1v) is 7.12. The molecule has 23 heavy (non-hydrogen) atoms. The van der Waals surface area contributed by atoms with Crippen molar-refractivity contribution in [2.75, 3.05) is 0 Å². The molecule has 0 radical (unpaired) electrons. The number of aromatic nitrogens is 2. The first-order valence-electron chi connectivity index (χ1n) is 7.12. The molecule has 0 saturated carbocycles. The Balaban J connectivity index is 2.02. The van der Waals surface area contributed by atoms with E-state index in [-0.39, 0.29) is 12.3 Å². The molecule has 0 aliphatic heterocycles. The minimum atomic E-state index is -1.20. The molecular formula is C16H18FN3O3. The molecule has 0 aliphatic carbocycles. The SMILES string of the molecule is Cc1cc(C(NC(=O)CCc2cnn(C)c2)C(=O)O)ccc1F. The molecular weight excluding hydrogens is 301 g/mol. The van der Waals surface area contributed by atoms with Crippen LogP contribution in [0.15, 0.2) is 30.6 Å². The lowest BCUT2D eigenvalue weighted by molar-refractivity contribution is -0.142. The van der Waals surface area contributed by atoms with Gasteiger partial charge in [0.2, 0.25) is 5.91 Å². The second-order valence-electron chi connectivity index (χ2n) is 5.37. The number of hydrogen-bond acceptors (Lipinski definition) is 3. The lowest BCUT2D eigenvalue weighted by atomic mass is 10.0. The van der Waals surface area contributed by atoms with Gasteiger partial charge in [-0.2, -0.15) is 5.10 Å². The number of rotatable bonds is 6. The summed E-state index contributed by atoms with van der Waals surface area (Å²) in [5, 5.41) is 15.8. The normalized spacial score (nSPS) is 12.0. The van der Waals surface area contributed by atoms with Crippen molar-refractivity contribution in [3.05, 3.63) is 53.1 Å². The highest BCUT2D eigenvalue weighted by Gasteiger charge is 2.22. The Morgan fingerprint density at radius 1 is 1.43 bits per heavy atom. The van der Waals surface area contributed by atoms with Crippen LogP contribution >= 0.6 is 0 Å². The van der Waals surface area contributed by atoms with Crippen LogP contribution in [-0.2, 0) is 23.1 Å². The number of halogens is 1. The molecule has 6 nitrogen and oxygen atoms in total. The van der Waals surface area contributed by atoms with E-state index >= 15 is 0 Å². The number of carboxylic acid groups (broad SMARTS) is 1. The monoisotopic (exact) mass is 319 g/mol. The molecule has 2 N–H and O–H groups in total. The molecule has 0 aliphatic rings. The molecule has 0 saturated heterocycles. The molecule has 122 valence electrons. The maximum atomic E-state index is 13.3. The number of benzene rings is 1. The number of nitrogens with zero attached hydrogens (tertiary/aromatic N) is 2. The number of carbonyl (C=O) groups excluding carboxylic acids is 1. The fourth-order valence-electron chi connectivity index (χ4n) is 2.23. The first kappa shape index (κ1) is 16.7.